The molecule has 2 aromatic rings. The van der Waals surface area contributed by atoms with E-state index in [1.165, 1.54) is 17.2 Å². The maximum Gasteiger partial charge on any atom is 0.331 e. The number of carbonyl (C=O) groups is 1. The van der Waals surface area contributed by atoms with Crippen LogP contribution in [0.2, 0.25) is 0 Å². The van der Waals surface area contributed by atoms with Crippen LogP contribution < -0.4 is 0 Å². The van der Waals surface area contributed by atoms with Gasteiger partial charge in [0.1, 0.15) is 12.2 Å². The van der Waals surface area contributed by atoms with E-state index in [1.54, 1.807) is 6.08 Å². The van der Waals surface area contributed by atoms with E-state index < -0.39 is 0 Å². The lowest BCUT2D eigenvalue weighted by Crippen LogP contribution is -2.33. The number of ether oxygens (including phenoxy) is 2. The van der Waals surface area contributed by atoms with Crippen LogP contribution >= 0.6 is 0 Å². The van der Waals surface area contributed by atoms with E-state index in [-0.39, 0.29) is 18.2 Å². The molecule has 1 aliphatic rings. The molecule has 3 rings (SSSR count). The summed E-state index contributed by atoms with van der Waals surface area (Å²) in [5.41, 5.74) is 3.46. The average Bonchev–Trinajstić information content (AvgIpc) is 2.63. The maximum absolute atomic E-state index is 11.3. The number of allylic oxidation sites excluding steroid dienone is 1. The van der Waals surface area contributed by atoms with Gasteiger partial charge in [0.15, 0.2) is 0 Å². The molecule has 1 heterocycles. The highest BCUT2D eigenvalue weighted by Crippen LogP contribution is 2.21. The molecular formula is C21H20O3. The van der Waals surface area contributed by atoms with Gasteiger partial charge in [0.2, 0.25) is 0 Å². The Hall–Kier alpha value is -2.65. The van der Waals surface area contributed by atoms with E-state index in [0.29, 0.717) is 6.61 Å². The number of esters is 1. The molecule has 0 aliphatic carbocycles. The molecule has 2 atom stereocenters. The Labute approximate surface area is 142 Å². The zero-order chi connectivity index (χ0) is 16.8. The van der Waals surface area contributed by atoms with E-state index in [4.69, 9.17) is 9.47 Å². The molecule has 0 fully saturated rings. The van der Waals surface area contributed by atoms with E-state index >= 15 is 0 Å². The first-order valence-corrected chi connectivity index (χ1v) is 8.04. The van der Waals surface area contributed by atoms with Gasteiger partial charge in [0.05, 0.1) is 6.61 Å². The van der Waals surface area contributed by atoms with Crippen LogP contribution in [0, 0.1) is 0 Å². The van der Waals surface area contributed by atoms with Gasteiger partial charge in [0.25, 0.3) is 0 Å². The van der Waals surface area contributed by atoms with E-state index in [9.17, 15) is 4.79 Å². The molecular weight excluding hydrogens is 300 g/mol. The molecule has 0 radical (unpaired) electrons. The van der Waals surface area contributed by atoms with Crippen LogP contribution in [-0.2, 0) is 20.9 Å². The molecule has 0 saturated carbocycles. The largest absolute Gasteiger partial charge is 0.452 e. The fourth-order valence-corrected chi connectivity index (χ4v) is 2.63. The summed E-state index contributed by atoms with van der Waals surface area (Å²) >= 11 is 0. The van der Waals surface area contributed by atoms with Gasteiger partial charge in [-0.25, -0.2) is 4.79 Å². The first-order valence-electron chi connectivity index (χ1n) is 8.04. The first kappa shape index (κ1) is 16.2. The summed E-state index contributed by atoms with van der Waals surface area (Å²) in [5, 5.41) is 0. The first-order chi connectivity index (χ1) is 11.8. The minimum absolute atomic E-state index is 0.257. The van der Waals surface area contributed by atoms with Crippen molar-refractivity contribution in [3.8, 4) is 11.1 Å². The third kappa shape index (κ3) is 4.00. The fourth-order valence-electron chi connectivity index (χ4n) is 2.63. The fraction of sp³-hybridized carbons (Fsp3) is 0.190. The number of hydrogen-bond acceptors (Lipinski definition) is 3. The Kier molecular flexibility index (Phi) is 5.24. The van der Waals surface area contributed by atoms with Crippen LogP contribution in [0.5, 0.6) is 0 Å². The molecule has 2 unspecified atom stereocenters. The number of cyclic esters (lactones) is 1. The van der Waals surface area contributed by atoms with Crippen LogP contribution in [0.4, 0.5) is 0 Å². The number of carbonyl (C=O) groups excluding carboxylic acids is 1. The van der Waals surface area contributed by atoms with Gasteiger partial charge >= 0.3 is 5.97 Å². The van der Waals surface area contributed by atoms with E-state index in [2.05, 4.69) is 36.4 Å². The molecule has 0 aromatic heterocycles. The predicted molar refractivity (Wildman–Crippen MR) is 94.3 cm³/mol. The Bertz CT molecular complexity index is 729. The van der Waals surface area contributed by atoms with Crippen molar-refractivity contribution in [2.24, 2.45) is 0 Å². The summed E-state index contributed by atoms with van der Waals surface area (Å²) in [6, 6.07) is 18.6. The van der Waals surface area contributed by atoms with Gasteiger partial charge in [0, 0.05) is 6.08 Å². The van der Waals surface area contributed by atoms with Crippen molar-refractivity contribution in [2.75, 3.05) is 0 Å². The Morgan fingerprint density at radius 1 is 1.04 bits per heavy atom. The van der Waals surface area contributed by atoms with Crippen molar-refractivity contribution in [1.29, 1.82) is 0 Å². The quantitative estimate of drug-likeness (QED) is 0.609. The normalized spacial score (nSPS) is 20.3. The lowest BCUT2D eigenvalue weighted by Gasteiger charge is -2.25. The molecule has 3 heteroatoms. The second kappa shape index (κ2) is 7.75. The number of benzene rings is 2. The molecule has 0 saturated heterocycles. The summed E-state index contributed by atoms with van der Waals surface area (Å²) < 4.78 is 11.2. The lowest BCUT2D eigenvalue weighted by molar-refractivity contribution is -0.148. The standard InChI is InChI=1S/C21H20O3/c1-2-6-20-19(13-14-21(22)24-20)23-15-16-9-11-18(12-10-16)17-7-4-3-5-8-17/h2-14,19-20H,15H2,1H3. The molecule has 0 N–H and O–H groups in total. The van der Waals surface area contributed by atoms with Gasteiger partial charge in [-0.2, -0.15) is 0 Å². The molecule has 3 nitrogen and oxygen atoms in total. The van der Waals surface area contributed by atoms with Crippen LogP contribution in [0.3, 0.4) is 0 Å². The summed E-state index contributed by atoms with van der Waals surface area (Å²) in [7, 11) is 0. The highest BCUT2D eigenvalue weighted by molar-refractivity contribution is 5.83. The topological polar surface area (TPSA) is 35.5 Å². The minimum Gasteiger partial charge on any atom is -0.452 e. The van der Waals surface area contributed by atoms with Gasteiger partial charge < -0.3 is 9.47 Å². The molecule has 2 aromatic carbocycles. The van der Waals surface area contributed by atoms with Crippen molar-refractivity contribution in [3.63, 3.8) is 0 Å². The number of rotatable bonds is 5. The van der Waals surface area contributed by atoms with Crippen LogP contribution in [-0.4, -0.2) is 18.2 Å². The summed E-state index contributed by atoms with van der Waals surface area (Å²) in [4.78, 5) is 11.3. The van der Waals surface area contributed by atoms with E-state index in [1.807, 2.05) is 37.3 Å². The third-order valence-corrected chi connectivity index (χ3v) is 3.88. The van der Waals surface area contributed by atoms with Crippen molar-refractivity contribution in [2.45, 2.75) is 25.7 Å². The monoisotopic (exact) mass is 320 g/mol. The SMILES string of the molecule is CC=CC1OC(=O)C=CC1OCc1ccc(-c2ccccc2)cc1. The molecule has 0 amide bonds. The zero-order valence-electron chi connectivity index (χ0n) is 13.6. The van der Waals surface area contributed by atoms with E-state index in [0.717, 1.165) is 5.56 Å². The second-order valence-corrected chi connectivity index (χ2v) is 5.62. The third-order valence-electron chi connectivity index (χ3n) is 3.88. The van der Waals surface area contributed by atoms with Crippen molar-refractivity contribution >= 4 is 5.97 Å². The predicted octanol–water partition coefficient (Wildman–Crippen LogP) is 4.30. The summed E-state index contributed by atoms with van der Waals surface area (Å²) in [6.45, 7) is 2.36. The molecule has 122 valence electrons. The van der Waals surface area contributed by atoms with Crippen molar-refractivity contribution < 1.29 is 14.3 Å². The Balaban J connectivity index is 1.64. The molecule has 0 spiro atoms. The highest BCUT2D eigenvalue weighted by Gasteiger charge is 2.24. The average molecular weight is 320 g/mol. The van der Waals surface area contributed by atoms with Crippen molar-refractivity contribution in [1.82, 2.24) is 0 Å². The smallest absolute Gasteiger partial charge is 0.331 e. The van der Waals surface area contributed by atoms with Gasteiger partial charge in [-0.1, -0.05) is 60.7 Å². The number of hydrogen-bond donors (Lipinski definition) is 0. The Morgan fingerprint density at radius 3 is 2.46 bits per heavy atom. The lowest BCUT2D eigenvalue weighted by atomic mass is 10.0. The summed E-state index contributed by atoms with van der Waals surface area (Å²) in [5.74, 6) is -0.329. The summed E-state index contributed by atoms with van der Waals surface area (Å²) in [6.07, 6.45) is 6.26. The highest BCUT2D eigenvalue weighted by atomic mass is 16.6. The van der Waals surface area contributed by atoms with Gasteiger partial charge in [-0.05, 0) is 35.8 Å². The zero-order valence-corrected chi connectivity index (χ0v) is 13.6. The molecule has 0 bridgehead atoms. The van der Waals surface area contributed by atoms with Crippen molar-refractivity contribution in [3.05, 3.63) is 84.5 Å². The van der Waals surface area contributed by atoms with Gasteiger partial charge in [-0.15, -0.1) is 0 Å². The van der Waals surface area contributed by atoms with Crippen LogP contribution in [0.25, 0.3) is 11.1 Å². The van der Waals surface area contributed by atoms with Crippen LogP contribution in [0.1, 0.15) is 12.5 Å². The van der Waals surface area contributed by atoms with Gasteiger partial charge in [-0.3, -0.25) is 0 Å². The second-order valence-electron chi connectivity index (χ2n) is 5.62. The van der Waals surface area contributed by atoms with Crippen LogP contribution in [0.15, 0.2) is 78.9 Å². The maximum atomic E-state index is 11.3. The molecule has 1 aliphatic heterocycles. The molecule has 24 heavy (non-hydrogen) atoms. The Morgan fingerprint density at radius 2 is 1.75 bits per heavy atom. The minimum atomic E-state index is -0.365.